The van der Waals surface area contributed by atoms with Crippen molar-refractivity contribution in [3.8, 4) is 0 Å². The van der Waals surface area contributed by atoms with E-state index in [0.717, 1.165) is 21.7 Å². The van der Waals surface area contributed by atoms with Crippen molar-refractivity contribution in [1.29, 1.82) is 0 Å². The van der Waals surface area contributed by atoms with Crippen LogP contribution >= 0.6 is 11.3 Å². The maximum absolute atomic E-state index is 12.5. The van der Waals surface area contributed by atoms with Gasteiger partial charge in [0.1, 0.15) is 4.21 Å². The molecule has 1 rings (SSSR count). The molecule has 1 atom stereocenters. The van der Waals surface area contributed by atoms with Gasteiger partial charge in [-0.1, -0.05) is 11.3 Å². The van der Waals surface area contributed by atoms with Gasteiger partial charge in [0, 0.05) is 32.8 Å². The minimum absolute atomic E-state index is 0.0596. The van der Waals surface area contributed by atoms with E-state index in [4.69, 9.17) is 4.74 Å². The third-order valence-corrected chi connectivity index (χ3v) is 6.39. The predicted molar refractivity (Wildman–Crippen MR) is 81.4 cm³/mol. The Labute approximate surface area is 127 Å². The van der Waals surface area contributed by atoms with Crippen molar-refractivity contribution < 1.29 is 18.1 Å². The summed E-state index contributed by atoms with van der Waals surface area (Å²) in [5.74, 6) is 0. The zero-order chi connectivity index (χ0) is 16.2. The molecule has 0 spiro atoms. The van der Waals surface area contributed by atoms with Crippen molar-refractivity contribution in [2.45, 2.75) is 24.1 Å². The van der Waals surface area contributed by atoms with E-state index in [-0.39, 0.29) is 27.5 Å². The first kappa shape index (κ1) is 17.8. The van der Waals surface area contributed by atoms with Crippen molar-refractivity contribution >= 4 is 32.0 Å². The average Bonchev–Trinajstić information content (AvgIpc) is 2.83. The van der Waals surface area contributed by atoms with Crippen LogP contribution in [0.1, 0.15) is 13.8 Å². The molecule has 0 amide bonds. The number of rotatable bonds is 8. The Morgan fingerprint density at radius 2 is 2.19 bits per heavy atom. The second-order valence-corrected chi connectivity index (χ2v) is 7.67. The summed E-state index contributed by atoms with van der Waals surface area (Å²) < 4.78 is 31.0. The molecule has 0 saturated carbocycles. The van der Waals surface area contributed by atoms with Gasteiger partial charge in [0.25, 0.3) is 10.0 Å². The van der Waals surface area contributed by atoms with Gasteiger partial charge >= 0.3 is 5.69 Å². The molecule has 0 saturated heterocycles. The number of ether oxygens (including phenoxy) is 1. The highest BCUT2D eigenvalue weighted by Gasteiger charge is 2.31. The molecule has 0 aliphatic carbocycles. The molecule has 120 valence electrons. The van der Waals surface area contributed by atoms with Crippen molar-refractivity contribution in [3.63, 3.8) is 0 Å². The predicted octanol–water partition coefficient (Wildman–Crippen LogP) is 1.74. The zero-order valence-corrected chi connectivity index (χ0v) is 14.0. The fraction of sp³-hybridized carbons (Fsp3) is 0.636. The molecule has 0 aliphatic heterocycles. The molecule has 0 aromatic carbocycles. The quantitative estimate of drug-likeness (QED) is 0.573. The van der Waals surface area contributed by atoms with Crippen LogP contribution in [-0.2, 0) is 14.8 Å². The fourth-order valence-electron chi connectivity index (χ4n) is 1.63. The van der Waals surface area contributed by atoms with E-state index in [1.54, 1.807) is 13.8 Å². The van der Waals surface area contributed by atoms with Crippen LogP contribution in [0, 0.1) is 10.1 Å². The molecule has 1 unspecified atom stereocenters. The largest absolute Gasteiger partial charge is 0.383 e. The third kappa shape index (κ3) is 3.90. The second kappa shape index (κ2) is 7.16. The van der Waals surface area contributed by atoms with E-state index in [0.29, 0.717) is 6.54 Å². The maximum atomic E-state index is 12.5. The molecule has 21 heavy (non-hydrogen) atoms. The number of hydrogen-bond acceptors (Lipinski definition) is 7. The minimum atomic E-state index is -3.79. The normalized spacial score (nSPS) is 13.4. The van der Waals surface area contributed by atoms with Crippen LogP contribution in [0.15, 0.2) is 10.3 Å². The molecule has 8 nitrogen and oxygen atoms in total. The molecule has 1 aromatic rings. The first-order valence-corrected chi connectivity index (χ1v) is 8.50. The van der Waals surface area contributed by atoms with E-state index in [9.17, 15) is 18.5 Å². The highest BCUT2D eigenvalue weighted by atomic mass is 32.2. The Bertz CT molecular complexity index is 599. The average molecular weight is 337 g/mol. The van der Waals surface area contributed by atoms with Crippen LogP contribution in [0.25, 0.3) is 0 Å². The van der Waals surface area contributed by atoms with Crippen molar-refractivity contribution in [2.75, 3.05) is 32.6 Å². The van der Waals surface area contributed by atoms with Gasteiger partial charge in [-0.15, -0.1) is 0 Å². The van der Waals surface area contributed by atoms with Gasteiger partial charge in [-0.2, -0.15) is 4.31 Å². The lowest BCUT2D eigenvalue weighted by Gasteiger charge is -2.22. The first-order valence-electron chi connectivity index (χ1n) is 6.24. The van der Waals surface area contributed by atoms with Crippen LogP contribution in [0.3, 0.4) is 0 Å². The number of anilines is 1. The summed E-state index contributed by atoms with van der Waals surface area (Å²) in [5.41, 5.74) is -0.229. The highest BCUT2D eigenvalue weighted by Crippen LogP contribution is 2.38. The van der Waals surface area contributed by atoms with Crippen LogP contribution in [0.4, 0.5) is 10.7 Å². The van der Waals surface area contributed by atoms with Crippen LogP contribution < -0.4 is 5.32 Å². The summed E-state index contributed by atoms with van der Waals surface area (Å²) in [4.78, 5) is 10.4. The molecule has 1 aromatic heterocycles. The van der Waals surface area contributed by atoms with Gasteiger partial charge in [0.2, 0.25) is 0 Å². The molecule has 1 N–H and O–H groups in total. The van der Waals surface area contributed by atoms with E-state index >= 15 is 0 Å². The van der Waals surface area contributed by atoms with Crippen molar-refractivity contribution in [1.82, 2.24) is 4.31 Å². The first-order chi connectivity index (χ1) is 9.75. The number of likely N-dealkylation sites (N-methyl/N-ethyl adjacent to an activating group) is 1. The standard InChI is InChI=1S/C11H19N3O5S2/c1-5-12-11-9(14(15)16)6-10(20-11)21(17,18)13(3)8(2)7-19-4/h6,8,12H,5,7H2,1-4H3. The number of nitrogens with zero attached hydrogens (tertiary/aromatic N) is 2. The number of sulfonamides is 1. The summed E-state index contributed by atoms with van der Waals surface area (Å²) in [6.45, 7) is 4.19. The summed E-state index contributed by atoms with van der Waals surface area (Å²) in [7, 11) is -0.876. The monoisotopic (exact) mass is 337 g/mol. The Kier molecular flexibility index (Phi) is 6.08. The molecule has 0 fully saturated rings. The van der Waals surface area contributed by atoms with Gasteiger partial charge in [-0.3, -0.25) is 10.1 Å². The maximum Gasteiger partial charge on any atom is 0.304 e. The SMILES string of the molecule is CCNc1sc(S(=O)(=O)N(C)C(C)COC)cc1[N+](=O)[O-]. The number of nitro groups is 1. The molecule has 0 bridgehead atoms. The summed E-state index contributed by atoms with van der Waals surface area (Å²) in [6.07, 6.45) is 0. The summed E-state index contributed by atoms with van der Waals surface area (Å²) in [6, 6.07) is 0.720. The van der Waals surface area contributed by atoms with E-state index in [2.05, 4.69) is 5.32 Å². The molecule has 10 heteroatoms. The topological polar surface area (TPSA) is 102 Å². The molecular weight excluding hydrogens is 318 g/mol. The molecule has 1 heterocycles. The highest BCUT2D eigenvalue weighted by molar-refractivity contribution is 7.91. The van der Waals surface area contributed by atoms with Gasteiger partial charge in [0.05, 0.1) is 11.5 Å². The van der Waals surface area contributed by atoms with Gasteiger partial charge in [-0.25, -0.2) is 8.42 Å². The Morgan fingerprint density at radius 1 is 1.57 bits per heavy atom. The van der Waals surface area contributed by atoms with E-state index in [1.807, 2.05) is 0 Å². The Morgan fingerprint density at radius 3 is 2.67 bits per heavy atom. The molecule has 0 aliphatic rings. The lowest BCUT2D eigenvalue weighted by molar-refractivity contribution is -0.383. The van der Waals surface area contributed by atoms with Gasteiger partial charge in [0.15, 0.2) is 5.00 Å². The Balaban J connectivity index is 3.19. The molecule has 0 radical (unpaired) electrons. The number of nitrogens with one attached hydrogen (secondary N) is 1. The van der Waals surface area contributed by atoms with Crippen molar-refractivity contribution in [2.24, 2.45) is 0 Å². The van der Waals surface area contributed by atoms with Crippen LogP contribution in [0.2, 0.25) is 0 Å². The lowest BCUT2D eigenvalue weighted by atomic mass is 10.4. The minimum Gasteiger partial charge on any atom is -0.383 e. The second-order valence-electron chi connectivity index (χ2n) is 4.39. The number of methoxy groups -OCH3 is 1. The Hall–Kier alpha value is -1.23. The smallest absolute Gasteiger partial charge is 0.304 e. The number of hydrogen-bond donors (Lipinski definition) is 1. The summed E-state index contributed by atoms with van der Waals surface area (Å²) >= 11 is 0.860. The van der Waals surface area contributed by atoms with E-state index < -0.39 is 14.9 Å². The van der Waals surface area contributed by atoms with Gasteiger partial charge < -0.3 is 10.1 Å². The fourth-order valence-corrected chi connectivity index (χ4v) is 4.56. The van der Waals surface area contributed by atoms with Crippen LogP contribution in [-0.4, -0.2) is 51.0 Å². The van der Waals surface area contributed by atoms with Crippen LogP contribution in [0.5, 0.6) is 0 Å². The number of thiophene rings is 1. The molecular formula is C11H19N3O5S2. The summed E-state index contributed by atoms with van der Waals surface area (Å²) in [5, 5.41) is 14.0. The van der Waals surface area contributed by atoms with E-state index in [1.165, 1.54) is 14.2 Å². The third-order valence-electron chi connectivity index (χ3n) is 2.89. The van der Waals surface area contributed by atoms with Crippen molar-refractivity contribution in [3.05, 3.63) is 16.2 Å². The van der Waals surface area contributed by atoms with Gasteiger partial charge in [-0.05, 0) is 13.8 Å². The zero-order valence-electron chi connectivity index (χ0n) is 12.3. The lowest BCUT2D eigenvalue weighted by Crippen LogP contribution is -2.37.